The summed E-state index contributed by atoms with van der Waals surface area (Å²) in [6.07, 6.45) is -0.183. The van der Waals surface area contributed by atoms with Gasteiger partial charge in [-0.15, -0.1) is 0 Å². The molecule has 144 heavy (non-hydrogen) atoms. The molecule has 0 amide bonds. The van der Waals surface area contributed by atoms with Crippen LogP contribution in [-0.4, -0.2) is 224 Å². The number of rotatable bonds is 8. The summed E-state index contributed by atoms with van der Waals surface area (Å²) in [5, 5.41) is 331. The summed E-state index contributed by atoms with van der Waals surface area (Å²) < 4.78 is 0. The molecule has 34 heteroatoms. The van der Waals surface area contributed by atoms with Crippen LogP contribution >= 0.6 is 0 Å². The van der Waals surface area contributed by atoms with Crippen molar-refractivity contribution in [1.29, 1.82) is 0 Å². The minimum absolute atomic E-state index is 0.00860. The predicted octanol–water partition coefficient (Wildman–Crippen LogP) is 18.8. The zero-order chi connectivity index (χ0) is 111. The van der Waals surface area contributed by atoms with Gasteiger partial charge in [-0.25, -0.2) is 0 Å². The van der Waals surface area contributed by atoms with E-state index in [4.69, 9.17) is 40.9 Å². The fraction of sp³-hybridized carbons (Fsp3) is 0.436. The normalized spacial score (nSPS) is 16.1. The molecule has 0 aromatic heterocycles. The number of hydrogen-bond donors (Lipinski definition) is 32. The van der Waals surface area contributed by atoms with Crippen LogP contribution in [0.25, 0.3) is 0 Å². The minimum atomic E-state index is -0.984. The van der Waals surface area contributed by atoms with E-state index < -0.39 is 185 Å². The molecule has 10 aromatic carbocycles. The van der Waals surface area contributed by atoms with Gasteiger partial charge in [0, 0.05) is 207 Å². The van der Waals surface area contributed by atoms with Crippen molar-refractivity contribution in [1.82, 2.24) is 0 Å². The predicted molar refractivity (Wildman–Crippen MR) is 547 cm³/mol. The van der Waals surface area contributed by atoms with Gasteiger partial charge in [-0.1, -0.05) is 104 Å². The molecule has 10 aromatic rings. The Kier molecular flexibility index (Phi) is 47.9. The molecule has 0 heterocycles. The van der Waals surface area contributed by atoms with E-state index in [1.807, 2.05) is 0 Å². The maximum absolute atomic E-state index is 12.1. The second kappa shape index (κ2) is 55.3. The number of ketones is 2. The van der Waals surface area contributed by atoms with Crippen LogP contribution in [0.4, 0.5) is 0 Å². The Bertz CT molecular complexity index is 4690. The number of hydrogen-bond acceptors (Lipinski definition) is 34. The molecule has 16 bridgehead atoms. The number of aliphatic hydroxyl groups is 8. The van der Waals surface area contributed by atoms with E-state index >= 15 is 0 Å². The van der Waals surface area contributed by atoms with E-state index in [9.17, 15) is 132 Å². The number of benzene rings is 10. The van der Waals surface area contributed by atoms with Crippen LogP contribution in [0.15, 0.2) is 97.1 Å². The van der Waals surface area contributed by atoms with Gasteiger partial charge >= 0.3 is 0 Å². The number of aromatic hydroxyl groups is 24. The zero-order valence-electron chi connectivity index (χ0n) is 86.3. The lowest BCUT2D eigenvalue weighted by molar-refractivity contribution is 0.0979. The van der Waals surface area contributed by atoms with Gasteiger partial charge < -0.3 is 163 Å². The number of aliphatic hydroxyl groups excluding tert-OH is 8. The number of phenolic OH excluding ortho intramolecular Hbond substituents is 24. The summed E-state index contributed by atoms with van der Waals surface area (Å²) in [5.41, 5.74) is 2.16. The van der Waals surface area contributed by atoms with E-state index in [1.165, 1.54) is 48.5 Å². The van der Waals surface area contributed by atoms with Crippen molar-refractivity contribution < 1.29 is 173 Å². The van der Waals surface area contributed by atoms with E-state index in [2.05, 4.69) is 0 Å². The molecule has 0 radical (unpaired) electrons. The fourth-order valence-corrected chi connectivity index (χ4v) is 16.7. The van der Waals surface area contributed by atoms with Gasteiger partial charge in [-0.2, -0.15) is 0 Å². The van der Waals surface area contributed by atoms with E-state index in [0.717, 1.165) is 0 Å². The molecule has 34 nitrogen and oxygen atoms in total. The molecule has 0 aliphatic heterocycles. The number of carbonyl (C=O) groups is 2. The third-order valence-corrected chi connectivity index (χ3v) is 22.6. The van der Waals surface area contributed by atoms with E-state index in [0.29, 0.717) is 22.3 Å². The Labute approximate surface area is 840 Å². The summed E-state index contributed by atoms with van der Waals surface area (Å²) in [7, 11) is 0. The van der Waals surface area contributed by atoms with Crippen LogP contribution in [0.1, 0.15) is 386 Å². The Balaban J connectivity index is 0.000000509. The Morgan fingerprint density at radius 2 is 0.229 bits per heavy atom. The molecule has 3 aliphatic rings. The summed E-state index contributed by atoms with van der Waals surface area (Å²) in [6.45, 7) is 41.1. The molecule has 0 saturated carbocycles. The summed E-state index contributed by atoms with van der Waals surface area (Å²) in [5.74, 6) is -26.8. The van der Waals surface area contributed by atoms with Crippen LogP contribution < -0.4 is 0 Å². The molecule has 32 N–H and O–H groups in total. The van der Waals surface area contributed by atoms with Crippen molar-refractivity contribution in [3.8, 4) is 138 Å². The monoisotopic (exact) mass is 2020 g/mol. The highest BCUT2D eigenvalue weighted by molar-refractivity contribution is 6.28. The van der Waals surface area contributed by atoms with Crippen LogP contribution in [0.2, 0.25) is 0 Å². The Hall–Kier alpha value is -13.6. The maximum atomic E-state index is 12.1. The third-order valence-electron chi connectivity index (χ3n) is 22.6. The molecule has 3 aliphatic carbocycles. The Morgan fingerprint density at radius 3 is 0.292 bits per heavy atom. The number of fused-ring (bicyclic) bond motifs is 18. The lowest BCUT2D eigenvalue weighted by Crippen LogP contribution is -2.20. The average molecular weight is 2020 g/mol. The quantitative estimate of drug-likeness (QED) is 0.0628. The zero-order valence-corrected chi connectivity index (χ0v) is 86.3. The van der Waals surface area contributed by atoms with Gasteiger partial charge in [0.05, 0.1) is 0 Å². The van der Waals surface area contributed by atoms with Crippen molar-refractivity contribution in [2.75, 3.05) is 0 Å². The first kappa shape index (κ1) is 125. The van der Waals surface area contributed by atoms with Crippen LogP contribution in [0, 0.1) is 0 Å². The molecule has 0 atom stereocenters. The molecule has 0 saturated heterocycles. The van der Waals surface area contributed by atoms with Gasteiger partial charge in [0.1, 0.15) is 0 Å². The van der Waals surface area contributed by atoms with Crippen LogP contribution in [-0.2, 0) is 0 Å². The fourth-order valence-electron chi connectivity index (χ4n) is 16.7. The van der Waals surface area contributed by atoms with Crippen molar-refractivity contribution in [3.63, 3.8) is 0 Å². The number of phenols is 24. The topological polar surface area (TPSA) is 682 Å². The molecule has 0 spiro atoms. The summed E-state index contributed by atoms with van der Waals surface area (Å²) >= 11 is 0. The van der Waals surface area contributed by atoms with Crippen molar-refractivity contribution in [3.05, 3.63) is 208 Å². The first-order valence-electron chi connectivity index (χ1n) is 47.9. The van der Waals surface area contributed by atoms with Gasteiger partial charge in [-0.05, 0) is 211 Å². The van der Waals surface area contributed by atoms with Gasteiger partial charge in [-0.3, -0.25) is 9.59 Å². The molecular weight excluding hydrogens is 1870 g/mol. The minimum Gasteiger partial charge on any atom is -0.504 e. The first-order chi connectivity index (χ1) is 67.0. The first-order valence-corrected chi connectivity index (χ1v) is 47.9. The maximum Gasteiger partial charge on any atom is 0.200 e. The van der Waals surface area contributed by atoms with Crippen molar-refractivity contribution in [2.24, 2.45) is 0 Å². The summed E-state index contributed by atoms with van der Waals surface area (Å²) in [6, 6.07) is 24.9. The third kappa shape index (κ3) is 29.8. The SMILES string of the molecule is CC(C)O.CC(C)O.CC(C)O.CC(C)O.CC(C)O.CC(C)O.CC(C)O.CC(C)O.CCC1c2cc(c(O)c(O)c2O)C(CC)c2cc(c(O)c(O)c2O)C(CC)c2cc(c(O)c(O)c2O)C(CC)c2cc1c(O)c(O)c2O.CCC1c2cc(c(O)c(O)c2O)C(CC)c2cc(c(O)c(O)c2O)C(CC)c2cc(c(O)c(O)c2O)C(CC)c2cc1c(O)c(O)c2O.O=C1c2ccccc2C(=O)c2ccccc21. The van der Waals surface area contributed by atoms with E-state index in [1.54, 1.807) is 215 Å². The Morgan fingerprint density at radius 1 is 0.160 bits per heavy atom. The summed E-state index contributed by atoms with van der Waals surface area (Å²) in [4.78, 5) is 24.2. The lowest BCUT2D eigenvalue weighted by atomic mass is 9.77. The van der Waals surface area contributed by atoms with Gasteiger partial charge in [0.2, 0.25) is 46.0 Å². The standard InChI is InChI=1S/2C36H40O12.C14H8O2.8C3H8O/c2*1-5-13-17-9-19(27(39)33(45)25(17)37)14(6-2)21-11-23(31(43)35(47)29(21)41)16(8-4)24-12-22(30(42)36(48)32(24)44)15(7-3)20-10-18(13)26(38)34(46)28(20)40;15-13-9-5-1-2-6-10(9)14(16)12-8-4-3-7-11(12)13;8*1-3(2)4/h2*9-16,37-48H,5-8H2,1-4H3;1-8H;8*3-4H,1-2H3. The largest absolute Gasteiger partial charge is 0.504 e. The smallest absolute Gasteiger partial charge is 0.200 e. The average Bonchev–Trinajstić information content (AvgIpc) is 0.739. The van der Waals surface area contributed by atoms with Gasteiger partial charge in [0.25, 0.3) is 0 Å². The van der Waals surface area contributed by atoms with Crippen LogP contribution in [0.5, 0.6) is 138 Å². The van der Waals surface area contributed by atoms with E-state index in [-0.39, 0.29) is 201 Å². The lowest BCUT2D eigenvalue weighted by Gasteiger charge is -2.29. The van der Waals surface area contributed by atoms with Crippen LogP contribution in [0.3, 0.4) is 0 Å². The van der Waals surface area contributed by atoms with Crippen molar-refractivity contribution >= 4 is 11.6 Å². The van der Waals surface area contributed by atoms with Gasteiger partial charge in [0.15, 0.2) is 104 Å². The molecule has 796 valence electrons. The molecule has 0 fully saturated rings. The molecular formula is C110H152O34. The highest BCUT2D eigenvalue weighted by Gasteiger charge is 2.41. The second-order valence-electron chi connectivity index (χ2n) is 37.0. The number of carbonyl (C=O) groups excluding carboxylic acids is 2. The van der Waals surface area contributed by atoms with Crippen molar-refractivity contribution in [2.45, 2.75) is 314 Å². The highest BCUT2D eigenvalue weighted by Crippen LogP contribution is 2.62. The molecule has 13 rings (SSSR count). The second-order valence-corrected chi connectivity index (χ2v) is 37.0. The molecule has 0 unspecified atom stereocenters. The highest BCUT2D eigenvalue weighted by atomic mass is 16.4.